The summed E-state index contributed by atoms with van der Waals surface area (Å²) in [5.74, 6) is 3.74. The summed E-state index contributed by atoms with van der Waals surface area (Å²) >= 11 is 0. The van der Waals surface area contributed by atoms with Crippen LogP contribution >= 0.6 is 0 Å². The van der Waals surface area contributed by atoms with Crippen LogP contribution in [0.3, 0.4) is 0 Å². The summed E-state index contributed by atoms with van der Waals surface area (Å²) in [5, 5.41) is 0. The van der Waals surface area contributed by atoms with E-state index in [-0.39, 0.29) is 6.10 Å². The van der Waals surface area contributed by atoms with Crippen molar-refractivity contribution in [3.63, 3.8) is 0 Å². The molecule has 5 nitrogen and oxygen atoms in total. The van der Waals surface area contributed by atoms with Crippen LogP contribution in [0.15, 0.2) is 176 Å². The van der Waals surface area contributed by atoms with E-state index in [9.17, 15) is 0 Å². The van der Waals surface area contributed by atoms with Crippen molar-refractivity contribution in [1.82, 2.24) is 0 Å². The third-order valence-electron chi connectivity index (χ3n) is 9.83. The lowest BCUT2D eigenvalue weighted by atomic mass is 9.92. The normalized spacial score (nSPS) is 13.3. The first-order chi connectivity index (χ1) is 27.2. The molecule has 1 aliphatic heterocycles. The molecule has 0 saturated heterocycles. The fourth-order valence-corrected chi connectivity index (χ4v) is 6.91. The van der Waals surface area contributed by atoms with Crippen molar-refractivity contribution in [2.75, 3.05) is 0 Å². The third-order valence-corrected chi connectivity index (χ3v) is 9.83. The van der Waals surface area contributed by atoms with E-state index in [0.717, 1.165) is 69.0 Å². The maximum atomic E-state index is 7.14. The molecule has 274 valence electrons. The fraction of sp³-hybridized carbons (Fsp3) is 0.160. The highest BCUT2D eigenvalue weighted by molar-refractivity contribution is 5.60. The summed E-state index contributed by atoms with van der Waals surface area (Å²) in [6.45, 7) is 1.73. The highest BCUT2D eigenvalue weighted by atomic mass is 16.5. The number of ether oxygens (including phenoxy) is 5. The number of hydrogen-bond donors (Lipinski definition) is 0. The molecular weight excluding hydrogens is 681 g/mol. The van der Waals surface area contributed by atoms with Gasteiger partial charge in [-0.1, -0.05) is 158 Å². The van der Waals surface area contributed by atoms with E-state index >= 15 is 0 Å². The van der Waals surface area contributed by atoms with Gasteiger partial charge in [0.2, 0.25) is 0 Å². The van der Waals surface area contributed by atoms with Gasteiger partial charge < -0.3 is 23.7 Å². The molecule has 7 aromatic carbocycles. The number of fused-ring (bicyclic) bond motifs is 1. The molecule has 0 aliphatic carbocycles. The minimum absolute atomic E-state index is 0.226. The number of benzene rings is 7. The Morgan fingerprint density at radius 2 is 0.855 bits per heavy atom. The van der Waals surface area contributed by atoms with Gasteiger partial charge in [0, 0.05) is 23.6 Å². The fourth-order valence-electron chi connectivity index (χ4n) is 6.91. The van der Waals surface area contributed by atoms with Crippen LogP contribution in [0, 0.1) is 0 Å². The molecule has 0 saturated carbocycles. The van der Waals surface area contributed by atoms with Crippen molar-refractivity contribution >= 4 is 0 Å². The van der Waals surface area contributed by atoms with Crippen LogP contribution in [0.4, 0.5) is 0 Å². The zero-order valence-electron chi connectivity index (χ0n) is 30.8. The van der Waals surface area contributed by atoms with Gasteiger partial charge in [0.05, 0.1) is 0 Å². The Labute approximate surface area is 323 Å². The summed E-state index contributed by atoms with van der Waals surface area (Å²) in [7, 11) is 0. The molecular formula is C50H44O5. The molecule has 1 atom stereocenters. The second-order valence-electron chi connectivity index (χ2n) is 13.8. The van der Waals surface area contributed by atoms with Gasteiger partial charge in [0.25, 0.3) is 0 Å². The summed E-state index contributed by atoms with van der Waals surface area (Å²) in [6.07, 6.45) is 1.97. The molecule has 0 spiro atoms. The minimum Gasteiger partial charge on any atom is -0.488 e. The predicted molar refractivity (Wildman–Crippen MR) is 217 cm³/mol. The van der Waals surface area contributed by atoms with Gasteiger partial charge >= 0.3 is 0 Å². The molecule has 0 unspecified atom stereocenters. The molecule has 0 aromatic heterocycles. The molecule has 0 amide bonds. The maximum Gasteiger partial charge on any atom is 0.162 e. The standard InChI is InChI=1S/C50H44O5/c1-6-16-37(17-7-1)30-44-48(53-35-40-22-12-4-13-23-40)32-47(52-34-39-20-10-3-11-21-39)43-27-29-45(55-50(43)44)42-26-28-46(51-33-38-18-8-2-9-19-38)49(31-42)54-36-41-24-14-5-15-25-41/h1-26,28,31-32,45H,27,29-30,33-36H2/t45-/m0/s1. The number of rotatable bonds is 15. The molecule has 0 bridgehead atoms. The SMILES string of the molecule is c1ccc(COc2ccc([C@@H]3CCc4c(OCc5ccccc5)cc(OCc5ccccc5)c(Cc5ccccc5)c4O3)cc2OCc2ccccc2)cc1. The molecule has 0 fully saturated rings. The summed E-state index contributed by atoms with van der Waals surface area (Å²) in [5.41, 5.74) is 8.64. The molecule has 8 rings (SSSR count). The Morgan fingerprint density at radius 1 is 0.418 bits per heavy atom. The van der Waals surface area contributed by atoms with E-state index in [1.54, 1.807) is 0 Å². The van der Waals surface area contributed by atoms with Gasteiger partial charge in [-0.25, -0.2) is 0 Å². The van der Waals surface area contributed by atoms with Crippen molar-refractivity contribution < 1.29 is 23.7 Å². The minimum atomic E-state index is -0.226. The van der Waals surface area contributed by atoms with E-state index < -0.39 is 0 Å². The Morgan fingerprint density at radius 3 is 1.36 bits per heavy atom. The quantitative estimate of drug-likeness (QED) is 0.105. The highest BCUT2D eigenvalue weighted by Crippen LogP contribution is 2.48. The molecule has 7 aromatic rings. The molecule has 5 heteroatoms. The lowest BCUT2D eigenvalue weighted by Crippen LogP contribution is -2.19. The molecule has 1 heterocycles. The van der Waals surface area contributed by atoms with Gasteiger partial charge in [-0.05, 0) is 58.4 Å². The molecule has 55 heavy (non-hydrogen) atoms. The first-order valence-corrected chi connectivity index (χ1v) is 19.0. The number of hydrogen-bond acceptors (Lipinski definition) is 5. The zero-order valence-corrected chi connectivity index (χ0v) is 30.8. The van der Waals surface area contributed by atoms with Gasteiger partial charge in [0.1, 0.15) is 49.8 Å². The Balaban J connectivity index is 1.14. The van der Waals surface area contributed by atoms with Gasteiger partial charge in [0.15, 0.2) is 11.5 Å². The van der Waals surface area contributed by atoms with E-state index in [0.29, 0.717) is 44.3 Å². The van der Waals surface area contributed by atoms with Crippen LogP contribution in [-0.2, 0) is 39.3 Å². The lowest BCUT2D eigenvalue weighted by Gasteiger charge is -2.31. The second kappa shape index (κ2) is 17.6. The van der Waals surface area contributed by atoms with Crippen LogP contribution in [0.25, 0.3) is 0 Å². The zero-order chi connectivity index (χ0) is 37.1. The topological polar surface area (TPSA) is 46.2 Å². The van der Waals surface area contributed by atoms with Crippen LogP contribution in [0.1, 0.15) is 57.0 Å². The van der Waals surface area contributed by atoms with Gasteiger partial charge in [-0.3, -0.25) is 0 Å². The summed E-state index contributed by atoms with van der Waals surface area (Å²) in [6, 6.07) is 59.7. The monoisotopic (exact) mass is 724 g/mol. The van der Waals surface area contributed by atoms with Crippen LogP contribution in [-0.4, -0.2) is 0 Å². The largest absolute Gasteiger partial charge is 0.488 e. The van der Waals surface area contributed by atoms with Crippen molar-refractivity contribution in [1.29, 1.82) is 0 Å². The Hall–Kier alpha value is -6.46. The average Bonchev–Trinajstić information content (AvgIpc) is 3.26. The summed E-state index contributed by atoms with van der Waals surface area (Å²) < 4.78 is 33.2. The van der Waals surface area contributed by atoms with Gasteiger partial charge in [-0.2, -0.15) is 0 Å². The van der Waals surface area contributed by atoms with Crippen LogP contribution in [0.5, 0.6) is 28.7 Å². The maximum absolute atomic E-state index is 7.14. The van der Waals surface area contributed by atoms with Gasteiger partial charge in [-0.15, -0.1) is 0 Å². The summed E-state index contributed by atoms with van der Waals surface area (Å²) in [4.78, 5) is 0. The Bertz CT molecular complexity index is 2260. The first-order valence-electron chi connectivity index (χ1n) is 19.0. The second-order valence-corrected chi connectivity index (χ2v) is 13.8. The average molecular weight is 725 g/mol. The van der Waals surface area contributed by atoms with Crippen molar-refractivity contribution in [2.24, 2.45) is 0 Å². The van der Waals surface area contributed by atoms with E-state index in [2.05, 4.69) is 91.0 Å². The predicted octanol–water partition coefficient (Wildman–Crippen LogP) is 11.7. The van der Waals surface area contributed by atoms with Crippen molar-refractivity contribution in [3.8, 4) is 28.7 Å². The van der Waals surface area contributed by atoms with Crippen molar-refractivity contribution in [3.05, 3.63) is 220 Å². The Kier molecular flexibility index (Phi) is 11.4. The third kappa shape index (κ3) is 9.20. The smallest absolute Gasteiger partial charge is 0.162 e. The first kappa shape index (κ1) is 35.6. The van der Waals surface area contributed by atoms with Crippen molar-refractivity contribution in [2.45, 2.75) is 51.8 Å². The van der Waals surface area contributed by atoms with E-state index in [1.165, 1.54) is 5.56 Å². The molecule has 1 aliphatic rings. The molecule has 0 N–H and O–H groups in total. The highest BCUT2D eigenvalue weighted by Gasteiger charge is 2.30. The van der Waals surface area contributed by atoms with E-state index in [4.69, 9.17) is 23.7 Å². The van der Waals surface area contributed by atoms with E-state index in [1.807, 2.05) is 84.9 Å². The van der Waals surface area contributed by atoms with Crippen LogP contribution in [0.2, 0.25) is 0 Å². The van der Waals surface area contributed by atoms with Crippen LogP contribution < -0.4 is 23.7 Å². The lowest BCUT2D eigenvalue weighted by molar-refractivity contribution is 0.168. The molecule has 0 radical (unpaired) electrons.